The number of fused-ring (bicyclic) bond motifs is 1. The van der Waals surface area contributed by atoms with E-state index in [9.17, 15) is 9.59 Å². The van der Waals surface area contributed by atoms with Crippen molar-refractivity contribution in [3.05, 3.63) is 23.3 Å². The van der Waals surface area contributed by atoms with Gasteiger partial charge in [-0.05, 0) is 37.0 Å². The Labute approximate surface area is 126 Å². The molecule has 0 fully saturated rings. The Bertz CT molecular complexity index is 487. The molecule has 0 aromatic heterocycles. The highest BCUT2D eigenvalue weighted by Gasteiger charge is 2.41. The lowest BCUT2D eigenvalue weighted by Crippen LogP contribution is -2.24. The summed E-state index contributed by atoms with van der Waals surface area (Å²) < 4.78 is 9.82. The number of esters is 2. The molecule has 0 N–H and O–H groups in total. The lowest BCUT2D eigenvalue weighted by atomic mass is 9.79. The number of methoxy groups -OCH3 is 2. The zero-order valence-electron chi connectivity index (χ0n) is 13.2. The highest BCUT2D eigenvalue weighted by atomic mass is 16.5. The van der Waals surface area contributed by atoms with Crippen molar-refractivity contribution in [2.75, 3.05) is 14.2 Å². The van der Waals surface area contributed by atoms with Crippen LogP contribution in [-0.4, -0.2) is 26.2 Å². The maximum Gasteiger partial charge on any atom is 0.333 e. The molecule has 0 bridgehead atoms. The van der Waals surface area contributed by atoms with Gasteiger partial charge in [-0.1, -0.05) is 26.0 Å². The Morgan fingerprint density at radius 2 is 1.52 bits per heavy atom. The molecule has 0 spiro atoms. The number of rotatable bonds is 3. The van der Waals surface area contributed by atoms with E-state index in [0.29, 0.717) is 18.3 Å². The van der Waals surface area contributed by atoms with Gasteiger partial charge in [-0.25, -0.2) is 9.59 Å². The zero-order valence-corrected chi connectivity index (χ0v) is 13.2. The Morgan fingerprint density at radius 3 is 2.05 bits per heavy atom. The van der Waals surface area contributed by atoms with Gasteiger partial charge >= 0.3 is 11.9 Å². The minimum Gasteiger partial charge on any atom is -0.466 e. The number of carbonyl (C=O) groups excluding carboxylic acids is 2. The second-order valence-electron chi connectivity index (χ2n) is 6.23. The molecule has 21 heavy (non-hydrogen) atoms. The molecule has 3 atom stereocenters. The first kappa shape index (κ1) is 15.8. The van der Waals surface area contributed by atoms with Crippen LogP contribution in [0.25, 0.3) is 0 Å². The standard InChI is InChI=1S/C17H24O4/c1-10(2)11-5-6-13(16(18)20-3)12-7-8-14(15(12)9-11)17(19)21-4/h6,8,10-12,15H,5,7,9H2,1-4H3. The summed E-state index contributed by atoms with van der Waals surface area (Å²) in [7, 11) is 2.82. The second-order valence-corrected chi connectivity index (χ2v) is 6.23. The molecule has 3 unspecified atom stereocenters. The molecule has 2 aliphatic rings. The summed E-state index contributed by atoms with van der Waals surface area (Å²) in [4.78, 5) is 24.0. The van der Waals surface area contributed by atoms with Gasteiger partial charge < -0.3 is 9.47 Å². The third-order valence-corrected chi connectivity index (χ3v) is 4.86. The SMILES string of the molecule is COC(=O)C1=CCC(C(C)C)CC2C(C(=O)OC)=CCC12. The highest BCUT2D eigenvalue weighted by molar-refractivity contribution is 5.93. The van der Waals surface area contributed by atoms with Crippen LogP contribution in [0.1, 0.15) is 33.1 Å². The Hall–Kier alpha value is -1.58. The summed E-state index contributed by atoms with van der Waals surface area (Å²) in [5.41, 5.74) is 1.45. The Balaban J connectivity index is 2.33. The fourth-order valence-electron chi connectivity index (χ4n) is 3.52. The van der Waals surface area contributed by atoms with E-state index in [1.165, 1.54) is 14.2 Å². The first-order valence-electron chi connectivity index (χ1n) is 7.56. The highest BCUT2D eigenvalue weighted by Crippen LogP contribution is 2.45. The first-order valence-corrected chi connectivity index (χ1v) is 7.56. The minimum atomic E-state index is -0.270. The normalized spacial score (nSPS) is 28.3. The Kier molecular flexibility index (Phi) is 4.86. The van der Waals surface area contributed by atoms with Crippen molar-refractivity contribution in [2.45, 2.75) is 33.1 Å². The van der Waals surface area contributed by atoms with E-state index in [2.05, 4.69) is 13.8 Å². The van der Waals surface area contributed by atoms with Crippen molar-refractivity contribution in [3.63, 3.8) is 0 Å². The van der Waals surface area contributed by atoms with Gasteiger partial charge in [0.05, 0.1) is 14.2 Å². The summed E-state index contributed by atoms with van der Waals surface area (Å²) in [5, 5.41) is 0. The molecule has 0 heterocycles. The molecule has 2 aliphatic carbocycles. The fourth-order valence-corrected chi connectivity index (χ4v) is 3.52. The average Bonchev–Trinajstić information content (AvgIpc) is 2.78. The largest absolute Gasteiger partial charge is 0.466 e. The van der Waals surface area contributed by atoms with E-state index in [1.807, 2.05) is 12.2 Å². The van der Waals surface area contributed by atoms with E-state index >= 15 is 0 Å². The number of hydrogen-bond acceptors (Lipinski definition) is 4. The first-order chi connectivity index (χ1) is 9.99. The quantitative estimate of drug-likeness (QED) is 0.751. The lowest BCUT2D eigenvalue weighted by molar-refractivity contribution is -0.138. The number of carbonyl (C=O) groups is 2. The maximum atomic E-state index is 12.1. The molecule has 2 rings (SSSR count). The molecule has 0 saturated heterocycles. The van der Waals surface area contributed by atoms with Crippen LogP contribution in [0, 0.1) is 23.7 Å². The summed E-state index contributed by atoms with van der Waals surface area (Å²) in [6, 6.07) is 0. The minimum absolute atomic E-state index is 0.0512. The van der Waals surface area contributed by atoms with E-state index in [1.54, 1.807) is 0 Å². The van der Waals surface area contributed by atoms with Gasteiger partial charge in [-0.3, -0.25) is 0 Å². The molecule has 0 saturated carbocycles. The predicted molar refractivity (Wildman–Crippen MR) is 79.4 cm³/mol. The summed E-state index contributed by atoms with van der Waals surface area (Å²) in [5.74, 6) is 0.558. The monoisotopic (exact) mass is 292 g/mol. The summed E-state index contributed by atoms with van der Waals surface area (Å²) in [6.45, 7) is 4.38. The topological polar surface area (TPSA) is 52.6 Å². The molecule has 116 valence electrons. The third kappa shape index (κ3) is 3.04. The van der Waals surface area contributed by atoms with Crippen LogP contribution >= 0.6 is 0 Å². The summed E-state index contributed by atoms with van der Waals surface area (Å²) >= 11 is 0. The van der Waals surface area contributed by atoms with Crippen LogP contribution in [0.4, 0.5) is 0 Å². The number of ether oxygens (including phenoxy) is 2. The van der Waals surface area contributed by atoms with Crippen molar-refractivity contribution in [1.29, 1.82) is 0 Å². The second kappa shape index (κ2) is 6.46. The van der Waals surface area contributed by atoms with Crippen LogP contribution in [-0.2, 0) is 19.1 Å². The molecular formula is C17H24O4. The van der Waals surface area contributed by atoms with E-state index in [0.717, 1.165) is 24.0 Å². The fraction of sp³-hybridized carbons (Fsp3) is 0.647. The molecule has 0 aromatic rings. The van der Waals surface area contributed by atoms with Crippen LogP contribution < -0.4 is 0 Å². The van der Waals surface area contributed by atoms with Crippen LogP contribution in [0.15, 0.2) is 23.3 Å². The van der Waals surface area contributed by atoms with Gasteiger partial charge in [-0.2, -0.15) is 0 Å². The molecular weight excluding hydrogens is 268 g/mol. The van der Waals surface area contributed by atoms with E-state index < -0.39 is 0 Å². The smallest absolute Gasteiger partial charge is 0.333 e. The number of allylic oxidation sites excluding steroid dienone is 2. The van der Waals surface area contributed by atoms with Crippen molar-refractivity contribution in [1.82, 2.24) is 0 Å². The summed E-state index contributed by atoms with van der Waals surface area (Å²) in [6.07, 6.45) is 6.44. The van der Waals surface area contributed by atoms with Crippen molar-refractivity contribution in [3.8, 4) is 0 Å². The maximum absolute atomic E-state index is 12.1. The van der Waals surface area contributed by atoms with Gasteiger partial charge in [0, 0.05) is 17.1 Å². The molecule has 0 aliphatic heterocycles. The van der Waals surface area contributed by atoms with Crippen LogP contribution in [0.5, 0.6) is 0 Å². The van der Waals surface area contributed by atoms with Gasteiger partial charge in [0.1, 0.15) is 0 Å². The van der Waals surface area contributed by atoms with Crippen molar-refractivity contribution < 1.29 is 19.1 Å². The van der Waals surface area contributed by atoms with Crippen molar-refractivity contribution in [2.24, 2.45) is 23.7 Å². The van der Waals surface area contributed by atoms with E-state index in [4.69, 9.17) is 9.47 Å². The van der Waals surface area contributed by atoms with Gasteiger partial charge in [0.25, 0.3) is 0 Å². The number of hydrogen-bond donors (Lipinski definition) is 0. The molecule has 0 amide bonds. The van der Waals surface area contributed by atoms with E-state index in [-0.39, 0.29) is 23.8 Å². The lowest BCUT2D eigenvalue weighted by Gasteiger charge is -2.25. The molecule has 0 radical (unpaired) electrons. The molecule has 4 heteroatoms. The molecule has 0 aromatic carbocycles. The van der Waals surface area contributed by atoms with Gasteiger partial charge in [0.2, 0.25) is 0 Å². The third-order valence-electron chi connectivity index (χ3n) is 4.86. The van der Waals surface area contributed by atoms with Crippen LogP contribution in [0.3, 0.4) is 0 Å². The Morgan fingerprint density at radius 1 is 1.00 bits per heavy atom. The molecule has 4 nitrogen and oxygen atoms in total. The average molecular weight is 292 g/mol. The van der Waals surface area contributed by atoms with Gasteiger partial charge in [0.15, 0.2) is 0 Å². The zero-order chi connectivity index (χ0) is 15.6. The predicted octanol–water partition coefficient (Wildman–Crippen LogP) is 2.89. The van der Waals surface area contributed by atoms with Crippen molar-refractivity contribution >= 4 is 11.9 Å². The van der Waals surface area contributed by atoms with Crippen LogP contribution in [0.2, 0.25) is 0 Å². The van der Waals surface area contributed by atoms with Gasteiger partial charge in [-0.15, -0.1) is 0 Å².